The average molecular weight is 315 g/mol. The fourth-order valence-corrected chi connectivity index (χ4v) is 3.10. The summed E-state index contributed by atoms with van der Waals surface area (Å²) in [5.74, 6) is 0. The minimum absolute atomic E-state index is 0.173. The molecule has 1 fully saturated rings. The van der Waals surface area contributed by atoms with Crippen LogP contribution in [0, 0.1) is 0 Å². The van der Waals surface area contributed by atoms with E-state index in [9.17, 15) is 0 Å². The average Bonchev–Trinajstić information content (AvgIpc) is 2.77. The molecule has 0 spiro atoms. The summed E-state index contributed by atoms with van der Waals surface area (Å²) in [5.41, 5.74) is 1.34. The third-order valence-electron chi connectivity index (χ3n) is 3.76. The number of halogens is 2. The van der Waals surface area contributed by atoms with Crippen LogP contribution in [-0.2, 0) is 6.54 Å². The Labute approximate surface area is 132 Å². The van der Waals surface area contributed by atoms with E-state index in [2.05, 4.69) is 31.0 Å². The molecule has 2 nitrogen and oxygen atoms in total. The molecule has 1 heterocycles. The maximum atomic E-state index is 6.28. The molecule has 112 valence electrons. The minimum Gasteiger partial charge on any atom is -0.311 e. The molecule has 4 heteroatoms. The topological polar surface area (TPSA) is 15.3 Å². The molecule has 0 radical (unpaired) electrons. The first-order valence-electron chi connectivity index (χ1n) is 7.28. The molecule has 0 amide bonds. The summed E-state index contributed by atoms with van der Waals surface area (Å²) in [5, 5.41) is 5.08. The summed E-state index contributed by atoms with van der Waals surface area (Å²) >= 11 is 12.2. The molecule has 0 saturated carbocycles. The highest BCUT2D eigenvalue weighted by molar-refractivity contribution is 6.35. The van der Waals surface area contributed by atoms with Crippen molar-refractivity contribution in [2.75, 3.05) is 13.1 Å². The minimum atomic E-state index is 0.173. The van der Waals surface area contributed by atoms with Crippen LogP contribution < -0.4 is 5.32 Å². The lowest BCUT2D eigenvalue weighted by molar-refractivity contribution is 0.226. The van der Waals surface area contributed by atoms with Crippen LogP contribution >= 0.6 is 23.2 Å². The zero-order chi connectivity index (χ0) is 14.8. The fraction of sp³-hybridized carbons (Fsp3) is 0.625. The second-order valence-corrected chi connectivity index (χ2v) is 7.48. The Morgan fingerprint density at radius 3 is 2.70 bits per heavy atom. The van der Waals surface area contributed by atoms with Crippen molar-refractivity contribution in [2.24, 2.45) is 0 Å². The summed E-state index contributed by atoms with van der Waals surface area (Å²) in [4.78, 5) is 2.52. The van der Waals surface area contributed by atoms with E-state index in [4.69, 9.17) is 23.2 Å². The van der Waals surface area contributed by atoms with E-state index in [0.717, 1.165) is 24.7 Å². The van der Waals surface area contributed by atoms with E-state index in [0.29, 0.717) is 11.1 Å². The lowest BCUT2D eigenvalue weighted by atomic mass is 10.1. The molecule has 1 aromatic carbocycles. The number of hydrogen-bond donors (Lipinski definition) is 1. The molecule has 1 saturated heterocycles. The number of benzene rings is 1. The van der Waals surface area contributed by atoms with Crippen molar-refractivity contribution in [3.8, 4) is 0 Å². The van der Waals surface area contributed by atoms with Gasteiger partial charge in [-0.25, -0.2) is 0 Å². The number of likely N-dealkylation sites (tertiary alicyclic amines) is 1. The van der Waals surface area contributed by atoms with Gasteiger partial charge in [0.15, 0.2) is 0 Å². The van der Waals surface area contributed by atoms with Gasteiger partial charge in [0.2, 0.25) is 0 Å². The molecule has 0 bridgehead atoms. The van der Waals surface area contributed by atoms with Crippen LogP contribution in [0.15, 0.2) is 18.2 Å². The molecule has 0 aromatic heterocycles. The van der Waals surface area contributed by atoms with Gasteiger partial charge in [0, 0.05) is 34.7 Å². The van der Waals surface area contributed by atoms with Gasteiger partial charge in [-0.3, -0.25) is 4.90 Å². The van der Waals surface area contributed by atoms with Crippen molar-refractivity contribution >= 4 is 23.2 Å². The summed E-state index contributed by atoms with van der Waals surface area (Å²) in [7, 11) is 0. The quantitative estimate of drug-likeness (QED) is 0.889. The lowest BCUT2D eigenvalue weighted by Crippen LogP contribution is -2.45. The van der Waals surface area contributed by atoms with Gasteiger partial charge in [0.1, 0.15) is 0 Å². The van der Waals surface area contributed by atoms with E-state index in [1.165, 1.54) is 18.4 Å². The van der Waals surface area contributed by atoms with Crippen LogP contribution in [0.3, 0.4) is 0 Å². The number of hydrogen-bond acceptors (Lipinski definition) is 2. The molecule has 1 atom stereocenters. The molecule has 0 aliphatic carbocycles. The van der Waals surface area contributed by atoms with Crippen LogP contribution in [-0.4, -0.2) is 29.6 Å². The highest BCUT2D eigenvalue weighted by atomic mass is 35.5. The number of nitrogens with one attached hydrogen (secondary N) is 1. The van der Waals surface area contributed by atoms with Gasteiger partial charge in [0.25, 0.3) is 0 Å². The van der Waals surface area contributed by atoms with Crippen molar-refractivity contribution in [3.63, 3.8) is 0 Å². The van der Waals surface area contributed by atoms with E-state index < -0.39 is 0 Å². The predicted molar refractivity (Wildman–Crippen MR) is 87.6 cm³/mol. The van der Waals surface area contributed by atoms with Crippen LogP contribution in [0.4, 0.5) is 0 Å². The third-order valence-corrected chi connectivity index (χ3v) is 4.34. The van der Waals surface area contributed by atoms with Crippen molar-refractivity contribution < 1.29 is 0 Å². The summed E-state index contributed by atoms with van der Waals surface area (Å²) < 4.78 is 0. The number of rotatable bonds is 4. The Hall–Kier alpha value is -0.280. The predicted octanol–water partition coefficient (Wildman–Crippen LogP) is 4.35. The standard InChI is InChI=1S/C16H24Cl2N2/c1-16(2,3)19-10-14-5-4-8-20(14)11-12-6-7-13(17)9-15(12)18/h6-7,9,14,19H,4-5,8,10-11H2,1-3H3. The Kier molecular flexibility index (Phi) is 5.36. The molecule has 2 rings (SSSR count). The first kappa shape index (κ1) is 16.1. The number of nitrogens with zero attached hydrogens (tertiary/aromatic N) is 1. The maximum Gasteiger partial charge on any atom is 0.0465 e. The zero-order valence-electron chi connectivity index (χ0n) is 12.5. The third kappa shape index (κ3) is 4.63. The van der Waals surface area contributed by atoms with E-state index in [1.54, 1.807) is 0 Å². The summed E-state index contributed by atoms with van der Waals surface area (Å²) in [6.45, 7) is 9.73. The molecule has 1 aliphatic rings. The van der Waals surface area contributed by atoms with Crippen molar-refractivity contribution in [2.45, 2.75) is 51.7 Å². The second kappa shape index (κ2) is 6.65. The highest BCUT2D eigenvalue weighted by Gasteiger charge is 2.26. The Morgan fingerprint density at radius 1 is 1.30 bits per heavy atom. The van der Waals surface area contributed by atoms with Crippen molar-refractivity contribution in [1.29, 1.82) is 0 Å². The highest BCUT2D eigenvalue weighted by Crippen LogP contribution is 2.26. The van der Waals surface area contributed by atoms with E-state index in [-0.39, 0.29) is 5.54 Å². The van der Waals surface area contributed by atoms with E-state index >= 15 is 0 Å². The van der Waals surface area contributed by atoms with Gasteiger partial charge in [-0.15, -0.1) is 0 Å². The molecule has 1 aliphatic heterocycles. The largest absolute Gasteiger partial charge is 0.311 e. The van der Waals surface area contributed by atoms with Crippen LogP contribution in [0.25, 0.3) is 0 Å². The first-order valence-corrected chi connectivity index (χ1v) is 8.04. The molecule has 20 heavy (non-hydrogen) atoms. The normalized spacial score (nSPS) is 20.6. The van der Waals surface area contributed by atoms with Crippen LogP contribution in [0.5, 0.6) is 0 Å². The van der Waals surface area contributed by atoms with Crippen LogP contribution in [0.1, 0.15) is 39.2 Å². The Morgan fingerprint density at radius 2 is 2.05 bits per heavy atom. The Balaban J connectivity index is 1.97. The lowest BCUT2D eigenvalue weighted by Gasteiger charge is -2.29. The van der Waals surface area contributed by atoms with Gasteiger partial charge >= 0.3 is 0 Å². The van der Waals surface area contributed by atoms with Gasteiger partial charge in [-0.1, -0.05) is 29.3 Å². The van der Waals surface area contributed by atoms with Gasteiger partial charge in [0.05, 0.1) is 0 Å². The van der Waals surface area contributed by atoms with Crippen molar-refractivity contribution in [1.82, 2.24) is 10.2 Å². The molecule has 1 N–H and O–H groups in total. The molecular weight excluding hydrogens is 291 g/mol. The maximum absolute atomic E-state index is 6.28. The SMILES string of the molecule is CC(C)(C)NCC1CCCN1Cc1ccc(Cl)cc1Cl. The zero-order valence-corrected chi connectivity index (χ0v) is 14.1. The van der Waals surface area contributed by atoms with Gasteiger partial charge in [-0.2, -0.15) is 0 Å². The first-order chi connectivity index (χ1) is 9.35. The second-order valence-electron chi connectivity index (χ2n) is 6.63. The molecule has 1 aromatic rings. The molecular formula is C16H24Cl2N2. The van der Waals surface area contributed by atoms with Crippen molar-refractivity contribution in [3.05, 3.63) is 33.8 Å². The monoisotopic (exact) mass is 314 g/mol. The smallest absolute Gasteiger partial charge is 0.0465 e. The van der Waals surface area contributed by atoms with Crippen LogP contribution in [0.2, 0.25) is 10.0 Å². The Bertz CT molecular complexity index is 454. The van der Waals surface area contributed by atoms with E-state index in [1.807, 2.05) is 18.2 Å². The summed E-state index contributed by atoms with van der Waals surface area (Å²) in [6, 6.07) is 6.39. The van der Waals surface area contributed by atoms with Gasteiger partial charge in [-0.05, 0) is 57.9 Å². The fourth-order valence-electron chi connectivity index (χ4n) is 2.63. The summed E-state index contributed by atoms with van der Waals surface area (Å²) in [6.07, 6.45) is 2.52. The van der Waals surface area contributed by atoms with Gasteiger partial charge < -0.3 is 5.32 Å². The molecule has 1 unspecified atom stereocenters.